The molecule has 0 saturated heterocycles. The summed E-state index contributed by atoms with van der Waals surface area (Å²) in [5, 5.41) is 15.7. The Hall–Kier alpha value is -2.58. The molecular formula is C16H17N3O2. The molecular weight excluding hydrogens is 266 g/mol. The Kier molecular flexibility index (Phi) is 5.13. The van der Waals surface area contributed by atoms with Crippen LogP contribution in [0.3, 0.4) is 0 Å². The second-order valence-electron chi connectivity index (χ2n) is 4.64. The van der Waals surface area contributed by atoms with E-state index in [9.17, 15) is 4.79 Å². The lowest BCUT2D eigenvalue weighted by atomic mass is 10.1. The smallest absolute Gasteiger partial charge is 0.251 e. The molecule has 108 valence electrons. The Morgan fingerprint density at radius 1 is 1.48 bits per heavy atom. The van der Waals surface area contributed by atoms with Crippen LogP contribution in [-0.2, 0) is 6.54 Å². The number of carbonyl (C=O) groups is 1. The summed E-state index contributed by atoms with van der Waals surface area (Å²) in [7, 11) is 0. The van der Waals surface area contributed by atoms with Gasteiger partial charge < -0.3 is 10.4 Å². The normalized spacial score (nSPS) is 11.3. The maximum atomic E-state index is 12.2. The van der Waals surface area contributed by atoms with Gasteiger partial charge in [-0.05, 0) is 31.2 Å². The van der Waals surface area contributed by atoms with Gasteiger partial charge in [-0.2, -0.15) is 5.10 Å². The van der Waals surface area contributed by atoms with E-state index in [1.165, 1.54) is 0 Å². The molecule has 21 heavy (non-hydrogen) atoms. The fraction of sp³-hybridized carbons (Fsp3) is 0.250. The van der Waals surface area contributed by atoms with Gasteiger partial charge in [0.25, 0.3) is 5.91 Å². The highest BCUT2D eigenvalue weighted by atomic mass is 16.2. The van der Waals surface area contributed by atoms with E-state index in [-0.39, 0.29) is 18.6 Å². The standard InChI is InChI=1S/C16H17N3O2/c1-13(12-19-9-4-8-17-19)18-16(21)15-7-2-5-14(11-15)6-3-10-20/h2,4-5,7-9,11,13,20H,10,12H2,1H3,(H,18,21). The van der Waals surface area contributed by atoms with Crippen LogP contribution < -0.4 is 5.32 Å². The molecule has 0 aliphatic heterocycles. The minimum Gasteiger partial charge on any atom is -0.384 e. The number of rotatable bonds is 4. The number of carbonyl (C=O) groups excluding carboxylic acids is 1. The Balaban J connectivity index is 1.99. The zero-order chi connectivity index (χ0) is 15.1. The molecule has 0 bridgehead atoms. The van der Waals surface area contributed by atoms with Crippen LogP contribution in [-0.4, -0.2) is 33.4 Å². The first-order valence-electron chi connectivity index (χ1n) is 6.67. The number of amides is 1. The molecule has 5 heteroatoms. The van der Waals surface area contributed by atoms with Crippen molar-refractivity contribution in [3.05, 3.63) is 53.9 Å². The average Bonchev–Trinajstić information content (AvgIpc) is 2.98. The zero-order valence-corrected chi connectivity index (χ0v) is 11.8. The van der Waals surface area contributed by atoms with Gasteiger partial charge in [0.05, 0.1) is 6.54 Å². The van der Waals surface area contributed by atoms with Crippen molar-refractivity contribution in [3.8, 4) is 11.8 Å². The zero-order valence-electron chi connectivity index (χ0n) is 11.8. The number of nitrogens with one attached hydrogen (secondary N) is 1. The topological polar surface area (TPSA) is 67.2 Å². The largest absolute Gasteiger partial charge is 0.384 e. The summed E-state index contributed by atoms with van der Waals surface area (Å²) < 4.78 is 1.77. The third-order valence-electron chi connectivity index (χ3n) is 2.83. The third-order valence-corrected chi connectivity index (χ3v) is 2.83. The molecule has 1 aromatic heterocycles. The average molecular weight is 283 g/mol. The van der Waals surface area contributed by atoms with Crippen LogP contribution in [0.1, 0.15) is 22.8 Å². The number of aliphatic hydroxyl groups is 1. The molecule has 0 saturated carbocycles. The Morgan fingerprint density at radius 3 is 3.05 bits per heavy atom. The second-order valence-corrected chi connectivity index (χ2v) is 4.64. The van der Waals surface area contributed by atoms with E-state index in [0.29, 0.717) is 17.7 Å². The van der Waals surface area contributed by atoms with Crippen LogP contribution in [0.2, 0.25) is 0 Å². The molecule has 1 atom stereocenters. The van der Waals surface area contributed by atoms with Crippen molar-refractivity contribution in [1.29, 1.82) is 0 Å². The van der Waals surface area contributed by atoms with Crippen LogP contribution in [0.25, 0.3) is 0 Å². The van der Waals surface area contributed by atoms with E-state index in [4.69, 9.17) is 5.11 Å². The molecule has 5 nitrogen and oxygen atoms in total. The molecule has 0 aliphatic rings. The summed E-state index contributed by atoms with van der Waals surface area (Å²) in [4.78, 5) is 12.2. The van der Waals surface area contributed by atoms with E-state index < -0.39 is 0 Å². The summed E-state index contributed by atoms with van der Waals surface area (Å²) in [6.45, 7) is 2.34. The molecule has 1 unspecified atom stereocenters. The lowest BCUT2D eigenvalue weighted by Crippen LogP contribution is -2.35. The van der Waals surface area contributed by atoms with Crippen molar-refractivity contribution in [2.75, 3.05) is 6.61 Å². The lowest BCUT2D eigenvalue weighted by molar-refractivity contribution is 0.0936. The summed E-state index contributed by atoms with van der Waals surface area (Å²) >= 11 is 0. The fourth-order valence-electron chi connectivity index (χ4n) is 1.92. The SMILES string of the molecule is CC(Cn1cccn1)NC(=O)c1cccc(C#CCO)c1. The van der Waals surface area contributed by atoms with Crippen LogP contribution in [0.4, 0.5) is 0 Å². The van der Waals surface area contributed by atoms with E-state index in [0.717, 1.165) is 0 Å². The van der Waals surface area contributed by atoms with Gasteiger partial charge in [-0.25, -0.2) is 0 Å². The van der Waals surface area contributed by atoms with Crippen molar-refractivity contribution in [3.63, 3.8) is 0 Å². The molecule has 0 fully saturated rings. The Morgan fingerprint density at radius 2 is 2.33 bits per heavy atom. The van der Waals surface area contributed by atoms with E-state index in [2.05, 4.69) is 22.3 Å². The van der Waals surface area contributed by atoms with Gasteiger partial charge in [-0.1, -0.05) is 17.9 Å². The minimum atomic E-state index is -0.197. The first-order chi connectivity index (χ1) is 10.2. The molecule has 0 spiro atoms. The lowest BCUT2D eigenvalue weighted by Gasteiger charge is -2.14. The molecule has 1 aromatic carbocycles. The van der Waals surface area contributed by atoms with Crippen molar-refractivity contribution in [2.45, 2.75) is 19.5 Å². The summed E-state index contributed by atoms with van der Waals surface area (Å²) in [6.07, 6.45) is 3.56. The van der Waals surface area contributed by atoms with E-state index in [1.807, 2.05) is 19.2 Å². The van der Waals surface area contributed by atoms with E-state index >= 15 is 0 Å². The number of benzene rings is 1. The van der Waals surface area contributed by atoms with Crippen LogP contribution >= 0.6 is 0 Å². The third kappa shape index (κ3) is 4.48. The van der Waals surface area contributed by atoms with Crippen LogP contribution in [0, 0.1) is 11.8 Å². The maximum Gasteiger partial charge on any atom is 0.251 e. The summed E-state index contributed by atoms with van der Waals surface area (Å²) in [5.41, 5.74) is 1.25. The van der Waals surface area contributed by atoms with Gasteiger partial charge in [-0.15, -0.1) is 0 Å². The van der Waals surface area contributed by atoms with Crippen molar-refractivity contribution < 1.29 is 9.90 Å². The van der Waals surface area contributed by atoms with Gasteiger partial charge in [0.2, 0.25) is 0 Å². The predicted octanol–water partition coefficient (Wildman–Crippen LogP) is 1.05. The molecule has 2 N–H and O–H groups in total. The number of aliphatic hydroxyl groups excluding tert-OH is 1. The van der Waals surface area contributed by atoms with Crippen LogP contribution in [0.15, 0.2) is 42.7 Å². The minimum absolute atomic E-state index is 0.0374. The highest BCUT2D eigenvalue weighted by Crippen LogP contribution is 2.05. The molecule has 0 aliphatic carbocycles. The maximum absolute atomic E-state index is 12.2. The van der Waals surface area contributed by atoms with Gasteiger partial charge >= 0.3 is 0 Å². The predicted molar refractivity (Wildman–Crippen MR) is 79.6 cm³/mol. The number of hydrogen-bond acceptors (Lipinski definition) is 3. The first-order valence-corrected chi connectivity index (χ1v) is 6.67. The molecule has 2 rings (SSSR count). The Bertz CT molecular complexity index is 654. The van der Waals surface area contributed by atoms with Crippen molar-refractivity contribution in [1.82, 2.24) is 15.1 Å². The summed E-state index contributed by atoms with van der Waals surface area (Å²) in [5.74, 6) is 5.20. The number of hydrogen-bond donors (Lipinski definition) is 2. The van der Waals surface area contributed by atoms with Gasteiger partial charge in [0.15, 0.2) is 0 Å². The fourth-order valence-corrected chi connectivity index (χ4v) is 1.92. The van der Waals surface area contributed by atoms with Gasteiger partial charge in [0.1, 0.15) is 6.61 Å². The molecule has 1 heterocycles. The second kappa shape index (κ2) is 7.27. The quantitative estimate of drug-likeness (QED) is 0.824. The van der Waals surface area contributed by atoms with Crippen molar-refractivity contribution >= 4 is 5.91 Å². The highest BCUT2D eigenvalue weighted by Gasteiger charge is 2.10. The van der Waals surface area contributed by atoms with E-state index in [1.54, 1.807) is 35.1 Å². The molecule has 2 aromatic rings. The van der Waals surface area contributed by atoms with Crippen molar-refractivity contribution in [2.24, 2.45) is 0 Å². The summed E-state index contributed by atoms with van der Waals surface area (Å²) in [6, 6.07) is 8.82. The molecule has 1 amide bonds. The Labute approximate surface area is 123 Å². The van der Waals surface area contributed by atoms with Crippen LogP contribution in [0.5, 0.6) is 0 Å². The monoisotopic (exact) mass is 283 g/mol. The number of nitrogens with zero attached hydrogens (tertiary/aromatic N) is 2. The molecule has 0 radical (unpaired) electrons. The number of aromatic nitrogens is 2. The first kappa shape index (κ1) is 14.8. The highest BCUT2D eigenvalue weighted by molar-refractivity contribution is 5.94. The van der Waals surface area contributed by atoms with Gasteiger partial charge in [-0.3, -0.25) is 9.48 Å². The van der Waals surface area contributed by atoms with Gasteiger partial charge in [0, 0.05) is 29.6 Å².